The first-order valence-corrected chi connectivity index (χ1v) is 22.8. The van der Waals surface area contributed by atoms with E-state index >= 15 is 0 Å². The Morgan fingerprint density at radius 2 is 1.26 bits per heavy atom. The summed E-state index contributed by atoms with van der Waals surface area (Å²) in [5.74, 6) is 7.52. The first kappa shape index (κ1) is 27.9. The molecule has 7 aromatic rings. The fraction of sp³-hybridized carbons (Fsp3) is 0.225. The third-order valence-corrected chi connectivity index (χ3v) is 13.6. The number of hydrogen-bond acceptors (Lipinski definition) is 0. The first-order valence-electron chi connectivity index (χ1n) is 15.4. The van der Waals surface area contributed by atoms with Gasteiger partial charge in [-0.15, -0.1) is 0 Å². The molecule has 0 amide bonds. The van der Waals surface area contributed by atoms with Crippen molar-refractivity contribution >= 4 is 61.1 Å². The molecule has 0 aliphatic carbocycles. The number of fused-ring (bicyclic) bond motifs is 5. The number of aromatic nitrogens is 2. The summed E-state index contributed by atoms with van der Waals surface area (Å²) in [6.45, 7) is 9.28. The van der Waals surface area contributed by atoms with Gasteiger partial charge in [-0.2, -0.15) is 0 Å². The SMILES string of the molecule is Cc1c(-c2cc(-n3c4ccccc4c4[c]([Ge]([CH3])([CH3])[CH3])cccc43)c3ccccc3[n+]2C)cc(C(C)(C)C)c2ccccc12. The summed E-state index contributed by atoms with van der Waals surface area (Å²) in [7, 11) is 2.23. The molecule has 0 N–H and O–H groups in total. The van der Waals surface area contributed by atoms with E-state index < -0.39 is 13.3 Å². The number of aryl methyl sites for hydroxylation is 2. The van der Waals surface area contributed by atoms with Crippen LogP contribution < -0.4 is 8.96 Å². The van der Waals surface area contributed by atoms with Crippen LogP contribution >= 0.6 is 0 Å². The van der Waals surface area contributed by atoms with Gasteiger partial charge in [0, 0.05) is 0 Å². The number of hydrogen-bond donors (Lipinski definition) is 0. The Bertz CT molecular complexity index is 2220. The van der Waals surface area contributed by atoms with E-state index in [1.54, 1.807) is 4.40 Å². The standard InChI is InChI=1S/C40H41GeN2/c1-26-27-16-9-10-17-28(27)32(40(2,3)4)24-31(26)37-25-38(29-18-11-13-21-34(29)42(37)8)43-35-22-14-12-19-30(35)39-33(41(5,6)7)20-15-23-36(39)43/h9-25H,1-8H3/q+1. The minimum atomic E-state index is -2.17. The monoisotopic (exact) mass is 623 g/mol. The molecule has 0 fully saturated rings. The van der Waals surface area contributed by atoms with E-state index in [0.717, 1.165) is 0 Å². The van der Waals surface area contributed by atoms with Crippen molar-refractivity contribution in [1.29, 1.82) is 0 Å². The van der Waals surface area contributed by atoms with Crippen LogP contribution in [0.1, 0.15) is 31.9 Å². The zero-order valence-electron chi connectivity index (χ0n) is 26.7. The second-order valence-corrected chi connectivity index (χ2v) is 24.8. The van der Waals surface area contributed by atoms with Gasteiger partial charge < -0.3 is 0 Å². The van der Waals surface area contributed by atoms with Crippen LogP contribution in [0.25, 0.3) is 60.4 Å². The molecule has 0 aliphatic heterocycles. The predicted octanol–water partition coefficient (Wildman–Crippen LogP) is 9.73. The molecular weight excluding hydrogens is 581 g/mol. The van der Waals surface area contributed by atoms with Crippen LogP contribution in [0.15, 0.2) is 103 Å². The van der Waals surface area contributed by atoms with Crippen LogP contribution in [-0.2, 0) is 12.5 Å². The maximum atomic E-state index is 2.54. The van der Waals surface area contributed by atoms with Crippen molar-refractivity contribution < 1.29 is 4.57 Å². The number of nitrogens with zero attached hydrogens (tertiary/aromatic N) is 2. The summed E-state index contributed by atoms with van der Waals surface area (Å²) >= 11 is -2.17. The maximum absolute atomic E-state index is 2.54. The van der Waals surface area contributed by atoms with Gasteiger partial charge in [0.15, 0.2) is 0 Å². The molecule has 0 bridgehead atoms. The molecule has 0 radical (unpaired) electrons. The van der Waals surface area contributed by atoms with Crippen molar-refractivity contribution in [2.75, 3.05) is 0 Å². The Hall–Kier alpha value is -3.89. The van der Waals surface area contributed by atoms with Gasteiger partial charge in [0.1, 0.15) is 0 Å². The Balaban J connectivity index is 1.65. The Morgan fingerprint density at radius 3 is 1.95 bits per heavy atom. The first-order chi connectivity index (χ1) is 20.5. The summed E-state index contributed by atoms with van der Waals surface area (Å²) in [5, 5.41) is 6.72. The summed E-state index contributed by atoms with van der Waals surface area (Å²) in [6.07, 6.45) is 0. The van der Waals surface area contributed by atoms with Gasteiger partial charge >= 0.3 is 253 Å². The Morgan fingerprint density at radius 1 is 0.651 bits per heavy atom. The van der Waals surface area contributed by atoms with Crippen molar-refractivity contribution in [3.63, 3.8) is 0 Å². The van der Waals surface area contributed by atoms with E-state index in [4.69, 9.17) is 0 Å². The Kier molecular flexibility index (Phi) is 6.38. The van der Waals surface area contributed by atoms with Gasteiger partial charge in [0.05, 0.1) is 0 Å². The third-order valence-electron chi connectivity index (χ3n) is 9.32. The van der Waals surface area contributed by atoms with Gasteiger partial charge in [-0.25, -0.2) is 0 Å². The van der Waals surface area contributed by atoms with Crippen LogP contribution in [0.3, 0.4) is 0 Å². The molecule has 5 aromatic carbocycles. The second kappa shape index (κ2) is 9.82. The van der Waals surface area contributed by atoms with Gasteiger partial charge in [-0.3, -0.25) is 0 Å². The molecule has 7 rings (SSSR count). The fourth-order valence-electron chi connectivity index (χ4n) is 7.17. The van der Waals surface area contributed by atoms with Crippen LogP contribution in [0.2, 0.25) is 17.3 Å². The molecule has 0 saturated heterocycles. The fourth-order valence-corrected chi connectivity index (χ4v) is 10.5. The second-order valence-electron chi connectivity index (χ2n) is 14.2. The zero-order chi connectivity index (χ0) is 30.3. The molecule has 0 unspecified atom stereocenters. The number of rotatable bonds is 3. The molecule has 2 aromatic heterocycles. The van der Waals surface area contributed by atoms with Crippen LogP contribution in [-0.4, -0.2) is 17.8 Å². The minimum absolute atomic E-state index is 0.0156. The average molecular weight is 622 g/mol. The van der Waals surface area contributed by atoms with E-state index in [0.29, 0.717) is 0 Å². The van der Waals surface area contributed by atoms with E-state index in [-0.39, 0.29) is 5.41 Å². The molecule has 2 heterocycles. The molecule has 0 aliphatic rings. The van der Waals surface area contributed by atoms with Crippen molar-refractivity contribution in [2.24, 2.45) is 7.05 Å². The normalized spacial score (nSPS) is 12.7. The van der Waals surface area contributed by atoms with Crippen LogP contribution in [0.4, 0.5) is 0 Å². The van der Waals surface area contributed by atoms with Crippen LogP contribution in [0, 0.1) is 6.92 Å². The molecule has 0 atom stereocenters. The van der Waals surface area contributed by atoms with Crippen molar-refractivity contribution in [3.05, 3.63) is 114 Å². The van der Waals surface area contributed by atoms with E-state index in [2.05, 4.69) is 164 Å². The van der Waals surface area contributed by atoms with Gasteiger partial charge in [-0.1, -0.05) is 6.07 Å². The zero-order valence-corrected chi connectivity index (χ0v) is 28.8. The quantitative estimate of drug-likeness (QED) is 0.137. The molecule has 2 nitrogen and oxygen atoms in total. The van der Waals surface area contributed by atoms with E-state index in [9.17, 15) is 0 Å². The van der Waals surface area contributed by atoms with Gasteiger partial charge in [-0.05, 0) is 0 Å². The average Bonchev–Trinajstić information content (AvgIpc) is 3.31. The summed E-state index contributed by atoms with van der Waals surface area (Å²) in [4.78, 5) is 0. The van der Waals surface area contributed by atoms with Gasteiger partial charge in [0.25, 0.3) is 0 Å². The number of benzene rings is 5. The van der Waals surface area contributed by atoms with Crippen LogP contribution in [0.5, 0.6) is 0 Å². The molecule has 43 heavy (non-hydrogen) atoms. The summed E-state index contributed by atoms with van der Waals surface area (Å²) in [5.41, 5.74) is 10.3. The predicted molar refractivity (Wildman–Crippen MR) is 189 cm³/mol. The van der Waals surface area contributed by atoms with Crippen molar-refractivity contribution in [1.82, 2.24) is 4.57 Å². The number of para-hydroxylation sites is 2. The Labute approximate surface area is 258 Å². The molecular formula is C40H41GeN2+. The van der Waals surface area contributed by atoms with E-state index in [1.807, 2.05) is 0 Å². The summed E-state index contributed by atoms with van der Waals surface area (Å²) in [6, 6.07) is 38.7. The van der Waals surface area contributed by atoms with Gasteiger partial charge in [0.2, 0.25) is 0 Å². The van der Waals surface area contributed by atoms with Crippen molar-refractivity contribution in [2.45, 2.75) is 50.4 Å². The third kappa shape index (κ3) is 4.33. The summed E-state index contributed by atoms with van der Waals surface area (Å²) < 4.78 is 6.50. The number of pyridine rings is 1. The topological polar surface area (TPSA) is 8.81 Å². The molecule has 0 spiro atoms. The molecule has 0 saturated carbocycles. The molecule has 214 valence electrons. The van der Waals surface area contributed by atoms with E-state index in [1.165, 1.54) is 71.6 Å². The molecule has 3 heteroatoms. The van der Waals surface area contributed by atoms with Crippen molar-refractivity contribution in [3.8, 4) is 16.9 Å².